The summed E-state index contributed by atoms with van der Waals surface area (Å²) in [6.45, 7) is 5.83. The average molecular weight is 275 g/mol. The normalized spacial score (nSPS) is 18.5. The molecule has 1 fully saturated rings. The number of piperidine rings is 1. The molecule has 0 spiro atoms. The molecule has 0 aliphatic carbocycles. The zero-order chi connectivity index (χ0) is 13.6. The molecule has 1 aliphatic heterocycles. The first-order valence-corrected chi connectivity index (χ1v) is 7.87. The number of carbonyl (C=O) groups is 1. The molecule has 1 rings (SSSR count). The van der Waals surface area contributed by atoms with Crippen molar-refractivity contribution in [3.63, 3.8) is 0 Å². The van der Waals surface area contributed by atoms with Crippen molar-refractivity contribution in [2.24, 2.45) is 0 Å². The molecular weight excluding hydrogens is 254 g/mol. The topological polar surface area (TPSA) is 78.5 Å². The van der Waals surface area contributed by atoms with Gasteiger partial charge >= 0.3 is 0 Å². The van der Waals surface area contributed by atoms with E-state index in [0.29, 0.717) is 13.1 Å². The van der Waals surface area contributed by atoms with Gasteiger partial charge < -0.3 is 5.32 Å². The summed E-state index contributed by atoms with van der Waals surface area (Å²) in [5, 5.41) is 2.72. The molecule has 0 aromatic rings. The van der Waals surface area contributed by atoms with Gasteiger partial charge in [-0.2, -0.15) is 0 Å². The number of sulfonamides is 1. The maximum atomic E-state index is 11.5. The Balaban J connectivity index is 2.27. The number of hydrogen-bond acceptors (Lipinski definition) is 4. The van der Waals surface area contributed by atoms with Crippen LogP contribution in [-0.4, -0.2) is 57.7 Å². The number of nitrogens with one attached hydrogen (secondary N) is 2. The first-order valence-electron chi connectivity index (χ1n) is 5.98. The minimum absolute atomic E-state index is 0.00696. The van der Waals surface area contributed by atoms with Crippen LogP contribution in [0.25, 0.3) is 0 Å². The summed E-state index contributed by atoms with van der Waals surface area (Å²) in [6.07, 6.45) is 4.28. The lowest BCUT2D eigenvalue weighted by molar-refractivity contribution is -0.122. The van der Waals surface area contributed by atoms with Crippen LogP contribution in [-0.2, 0) is 14.8 Å². The van der Waals surface area contributed by atoms with Crippen LogP contribution >= 0.6 is 0 Å². The number of likely N-dealkylation sites (tertiary alicyclic amines) is 1. The van der Waals surface area contributed by atoms with Gasteiger partial charge in [0.2, 0.25) is 15.9 Å². The van der Waals surface area contributed by atoms with E-state index in [0.717, 1.165) is 25.9 Å². The Hall–Kier alpha value is -0.920. The third-order valence-electron chi connectivity index (χ3n) is 2.78. The van der Waals surface area contributed by atoms with E-state index in [1.165, 1.54) is 6.26 Å². The molecule has 7 heteroatoms. The molecule has 0 aromatic carbocycles. The van der Waals surface area contributed by atoms with E-state index in [1.807, 2.05) is 4.90 Å². The quantitative estimate of drug-likeness (QED) is 0.629. The minimum atomic E-state index is -3.14. The maximum absolute atomic E-state index is 11.5. The van der Waals surface area contributed by atoms with Crippen LogP contribution in [0.5, 0.6) is 0 Å². The Morgan fingerprint density at radius 3 is 2.56 bits per heavy atom. The van der Waals surface area contributed by atoms with E-state index < -0.39 is 10.0 Å². The summed E-state index contributed by atoms with van der Waals surface area (Å²) in [6, 6.07) is -0.00696. The number of hydrogen-bond donors (Lipinski definition) is 2. The van der Waals surface area contributed by atoms with Crippen LogP contribution < -0.4 is 10.0 Å². The summed E-state index contributed by atoms with van der Waals surface area (Å²) in [5.74, 6) is -0.0237. The van der Waals surface area contributed by atoms with Crippen molar-refractivity contribution in [2.75, 3.05) is 32.4 Å². The van der Waals surface area contributed by atoms with Gasteiger partial charge in [-0.1, -0.05) is 6.08 Å². The van der Waals surface area contributed by atoms with E-state index in [1.54, 1.807) is 6.08 Å². The summed E-state index contributed by atoms with van der Waals surface area (Å²) in [5.41, 5.74) is 0. The highest BCUT2D eigenvalue weighted by molar-refractivity contribution is 7.88. The molecule has 0 radical (unpaired) electrons. The zero-order valence-corrected chi connectivity index (χ0v) is 11.5. The van der Waals surface area contributed by atoms with Gasteiger partial charge in [0.25, 0.3) is 0 Å². The largest absolute Gasteiger partial charge is 0.352 e. The number of carbonyl (C=O) groups excluding carboxylic acids is 1. The first kappa shape index (κ1) is 15.1. The lowest BCUT2D eigenvalue weighted by atomic mass is 10.1. The van der Waals surface area contributed by atoms with E-state index in [4.69, 9.17) is 0 Å². The number of nitrogens with zero attached hydrogens (tertiary/aromatic N) is 1. The summed E-state index contributed by atoms with van der Waals surface area (Å²) in [7, 11) is -3.14. The predicted octanol–water partition coefficient (Wildman–Crippen LogP) is -0.698. The molecule has 0 unspecified atom stereocenters. The van der Waals surface area contributed by atoms with Crippen molar-refractivity contribution in [3.8, 4) is 0 Å². The van der Waals surface area contributed by atoms with E-state index in [2.05, 4.69) is 16.6 Å². The van der Waals surface area contributed by atoms with Gasteiger partial charge in [-0.3, -0.25) is 9.69 Å². The summed E-state index contributed by atoms with van der Waals surface area (Å²) in [4.78, 5) is 13.5. The second-order valence-corrected chi connectivity index (χ2v) is 6.31. The van der Waals surface area contributed by atoms with Gasteiger partial charge in [-0.25, -0.2) is 13.1 Å². The molecule has 0 atom stereocenters. The predicted molar refractivity (Wildman–Crippen MR) is 70.6 cm³/mol. The number of amides is 1. The van der Waals surface area contributed by atoms with Gasteiger partial charge in [-0.05, 0) is 12.8 Å². The van der Waals surface area contributed by atoms with Gasteiger partial charge in [0.1, 0.15) is 0 Å². The molecule has 1 heterocycles. The fourth-order valence-electron chi connectivity index (χ4n) is 1.96. The van der Waals surface area contributed by atoms with Crippen molar-refractivity contribution in [1.82, 2.24) is 14.9 Å². The Kier molecular flexibility index (Phi) is 5.77. The van der Waals surface area contributed by atoms with E-state index >= 15 is 0 Å². The Morgan fingerprint density at radius 2 is 2.06 bits per heavy atom. The van der Waals surface area contributed by atoms with Crippen molar-refractivity contribution in [1.29, 1.82) is 0 Å². The molecule has 2 N–H and O–H groups in total. The molecule has 0 saturated carbocycles. The zero-order valence-electron chi connectivity index (χ0n) is 10.7. The molecule has 0 aromatic heterocycles. The third kappa shape index (κ3) is 6.13. The number of rotatable bonds is 6. The lowest BCUT2D eigenvalue weighted by Crippen LogP contribution is -2.47. The highest BCUT2D eigenvalue weighted by Crippen LogP contribution is 2.10. The Morgan fingerprint density at radius 1 is 1.44 bits per heavy atom. The van der Waals surface area contributed by atoms with Crippen LogP contribution in [0.15, 0.2) is 12.7 Å². The summed E-state index contributed by atoms with van der Waals surface area (Å²) < 4.78 is 24.8. The van der Waals surface area contributed by atoms with Crippen molar-refractivity contribution in [3.05, 3.63) is 12.7 Å². The summed E-state index contributed by atoms with van der Waals surface area (Å²) >= 11 is 0. The van der Waals surface area contributed by atoms with Crippen LogP contribution in [0.2, 0.25) is 0 Å². The second-order valence-electron chi connectivity index (χ2n) is 4.53. The fourth-order valence-corrected chi connectivity index (χ4v) is 2.80. The second kappa shape index (κ2) is 6.86. The highest BCUT2D eigenvalue weighted by Gasteiger charge is 2.22. The van der Waals surface area contributed by atoms with Crippen LogP contribution in [0, 0.1) is 0 Å². The molecule has 104 valence electrons. The lowest BCUT2D eigenvalue weighted by Gasteiger charge is -2.31. The standard InChI is InChI=1S/C11H21N3O3S/c1-3-6-12-11(15)9-14-7-4-10(5-8-14)13-18(2,16)17/h3,10,13H,1,4-9H2,2H3,(H,12,15). The monoisotopic (exact) mass is 275 g/mol. The SMILES string of the molecule is C=CCNC(=O)CN1CCC(NS(C)(=O)=O)CC1. The van der Waals surface area contributed by atoms with Crippen molar-refractivity contribution >= 4 is 15.9 Å². The van der Waals surface area contributed by atoms with Crippen LogP contribution in [0.4, 0.5) is 0 Å². The minimum Gasteiger partial charge on any atom is -0.352 e. The van der Waals surface area contributed by atoms with E-state index in [9.17, 15) is 13.2 Å². The Labute approximate surface area is 108 Å². The van der Waals surface area contributed by atoms with Gasteiger partial charge in [-0.15, -0.1) is 6.58 Å². The fraction of sp³-hybridized carbons (Fsp3) is 0.727. The van der Waals surface area contributed by atoms with Crippen molar-refractivity contribution in [2.45, 2.75) is 18.9 Å². The average Bonchev–Trinajstić information content (AvgIpc) is 2.27. The van der Waals surface area contributed by atoms with Gasteiger partial charge in [0.05, 0.1) is 12.8 Å². The molecule has 1 saturated heterocycles. The molecule has 18 heavy (non-hydrogen) atoms. The maximum Gasteiger partial charge on any atom is 0.234 e. The Bertz CT molecular complexity index is 386. The van der Waals surface area contributed by atoms with Gasteiger partial charge in [0, 0.05) is 25.7 Å². The third-order valence-corrected chi connectivity index (χ3v) is 3.54. The highest BCUT2D eigenvalue weighted by atomic mass is 32.2. The molecule has 0 bridgehead atoms. The van der Waals surface area contributed by atoms with Gasteiger partial charge in [0.15, 0.2) is 0 Å². The smallest absolute Gasteiger partial charge is 0.234 e. The molecule has 1 amide bonds. The molecule has 6 nitrogen and oxygen atoms in total. The molecular formula is C11H21N3O3S. The van der Waals surface area contributed by atoms with Crippen LogP contribution in [0.1, 0.15) is 12.8 Å². The van der Waals surface area contributed by atoms with Crippen LogP contribution in [0.3, 0.4) is 0 Å². The molecule has 1 aliphatic rings. The van der Waals surface area contributed by atoms with Crippen molar-refractivity contribution < 1.29 is 13.2 Å². The van der Waals surface area contributed by atoms with E-state index in [-0.39, 0.29) is 11.9 Å². The first-order chi connectivity index (χ1) is 8.40.